The summed E-state index contributed by atoms with van der Waals surface area (Å²) >= 11 is 5.31. The fourth-order valence-electron chi connectivity index (χ4n) is 0.728. The average Bonchev–Trinajstić information content (AvgIpc) is 1.96. The smallest absolute Gasteiger partial charge is 0.121 e. The summed E-state index contributed by atoms with van der Waals surface area (Å²) in [5, 5.41) is 0. The zero-order chi connectivity index (χ0) is 8.53. The molecule has 0 aromatic carbocycles. The molecule has 0 radical (unpaired) electrons. The number of ether oxygens (including phenoxy) is 1. The van der Waals surface area contributed by atoms with E-state index in [9.17, 15) is 0 Å². The van der Waals surface area contributed by atoms with Crippen molar-refractivity contribution in [1.29, 1.82) is 0 Å². The Hall–Kier alpha value is -0.0100. The average molecular weight is 177 g/mol. The molecule has 0 rings (SSSR count). The van der Waals surface area contributed by atoms with Gasteiger partial charge in [0.15, 0.2) is 0 Å². The lowest BCUT2D eigenvalue weighted by atomic mass is 10.1. The predicted octanol–water partition coefficient (Wildman–Crippen LogP) is 3.19. The van der Waals surface area contributed by atoms with Crippen molar-refractivity contribution in [3.63, 3.8) is 0 Å². The minimum absolute atomic E-state index is 0.286. The molecule has 0 fully saturated rings. The highest BCUT2D eigenvalue weighted by Crippen LogP contribution is 2.03. The summed E-state index contributed by atoms with van der Waals surface area (Å²) in [4.78, 5) is 0. The van der Waals surface area contributed by atoms with E-state index in [1.54, 1.807) is 0 Å². The monoisotopic (exact) mass is 176 g/mol. The van der Waals surface area contributed by atoms with E-state index in [1.807, 2.05) is 6.08 Å². The Labute approximate surface area is 74.4 Å². The van der Waals surface area contributed by atoms with Gasteiger partial charge in [0.1, 0.15) is 6.07 Å². The van der Waals surface area contributed by atoms with Gasteiger partial charge in [-0.1, -0.05) is 37.6 Å². The third kappa shape index (κ3) is 9.99. The van der Waals surface area contributed by atoms with Crippen LogP contribution in [-0.2, 0) is 4.74 Å². The fraction of sp³-hybridized carbons (Fsp3) is 0.778. The highest BCUT2D eigenvalue weighted by Gasteiger charge is 1.88. The van der Waals surface area contributed by atoms with Crippen LogP contribution in [0.15, 0.2) is 12.2 Å². The summed E-state index contributed by atoms with van der Waals surface area (Å²) in [5.41, 5.74) is 0. The van der Waals surface area contributed by atoms with E-state index in [2.05, 4.69) is 19.9 Å². The zero-order valence-electron chi connectivity index (χ0n) is 7.35. The van der Waals surface area contributed by atoms with Crippen LogP contribution in [0.2, 0.25) is 0 Å². The molecule has 0 bridgehead atoms. The highest BCUT2D eigenvalue weighted by molar-refractivity contribution is 6.17. The molecular formula is C9H17ClO. The van der Waals surface area contributed by atoms with E-state index in [4.69, 9.17) is 16.3 Å². The van der Waals surface area contributed by atoms with E-state index in [1.165, 1.54) is 6.42 Å². The third-order valence-electron chi connectivity index (χ3n) is 1.37. The van der Waals surface area contributed by atoms with E-state index < -0.39 is 0 Å². The van der Waals surface area contributed by atoms with Gasteiger partial charge in [0.25, 0.3) is 0 Å². The summed E-state index contributed by atoms with van der Waals surface area (Å²) in [7, 11) is 0. The maximum absolute atomic E-state index is 5.31. The molecule has 0 saturated heterocycles. The second-order valence-electron chi connectivity index (χ2n) is 2.92. The molecule has 0 aliphatic rings. The topological polar surface area (TPSA) is 9.23 Å². The minimum Gasteiger partial charge on any atom is -0.362 e. The third-order valence-corrected chi connectivity index (χ3v) is 1.52. The second kappa shape index (κ2) is 8.09. The molecule has 11 heavy (non-hydrogen) atoms. The first-order valence-electron chi connectivity index (χ1n) is 4.06. The van der Waals surface area contributed by atoms with Crippen molar-refractivity contribution in [2.75, 3.05) is 12.7 Å². The Balaban J connectivity index is 3.03. The van der Waals surface area contributed by atoms with Crippen molar-refractivity contribution in [1.82, 2.24) is 0 Å². The molecule has 0 saturated carbocycles. The van der Waals surface area contributed by atoms with Gasteiger partial charge in [0.05, 0.1) is 6.61 Å². The molecule has 0 spiro atoms. The Morgan fingerprint density at radius 3 is 2.64 bits per heavy atom. The standard InChI is InChI=1S/C9H17ClO/c1-9(2)6-4-3-5-7-11-8-10/h3,5,9H,4,6-8H2,1-2H3. The first kappa shape index (κ1) is 11.0. The largest absolute Gasteiger partial charge is 0.362 e. The Bertz CT molecular complexity index is 99.7. The Morgan fingerprint density at radius 1 is 1.36 bits per heavy atom. The van der Waals surface area contributed by atoms with Gasteiger partial charge in [-0.3, -0.25) is 0 Å². The van der Waals surface area contributed by atoms with E-state index in [-0.39, 0.29) is 6.07 Å². The summed E-state index contributed by atoms with van der Waals surface area (Å²) in [6, 6.07) is 0.286. The quantitative estimate of drug-likeness (QED) is 0.343. The molecule has 0 amide bonds. The lowest BCUT2D eigenvalue weighted by Gasteiger charge is -1.98. The number of halogens is 1. The van der Waals surface area contributed by atoms with Crippen molar-refractivity contribution in [2.24, 2.45) is 5.92 Å². The van der Waals surface area contributed by atoms with Gasteiger partial charge in [-0.25, -0.2) is 0 Å². The van der Waals surface area contributed by atoms with Gasteiger partial charge < -0.3 is 4.74 Å². The lowest BCUT2D eigenvalue weighted by molar-refractivity contribution is 0.212. The van der Waals surface area contributed by atoms with E-state index in [0.29, 0.717) is 6.61 Å². The normalized spacial score (nSPS) is 11.6. The van der Waals surface area contributed by atoms with Gasteiger partial charge >= 0.3 is 0 Å². The number of rotatable bonds is 6. The molecule has 0 unspecified atom stereocenters. The van der Waals surface area contributed by atoms with Crippen LogP contribution in [0, 0.1) is 5.92 Å². The first-order valence-corrected chi connectivity index (χ1v) is 4.59. The maximum Gasteiger partial charge on any atom is 0.121 e. The summed E-state index contributed by atoms with van der Waals surface area (Å²) < 4.78 is 4.92. The molecule has 1 nitrogen and oxygen atoms in total. The van der Waals surface area contributed by atoms with Crippen molar-refractivity contribution in [3.05, 3.63) is 12.2 Å². The van der Waals surface area contributed by atoms with Crippen LogP contribution in [-0.4, -0.2) is 12.7 Å². The Kier molecular flexibility index (Phi) is 8.08. The highest BCUT2D eigenvalue weighted by atomic mass is 35.5. The van der Waals surface area contributed by atoms with Crippen molar-refractivity contribution < 1.29 is 4.74 Å². The van der Waals surface area contributed by atoms with Crippen LogP contribution < -0.4 is 0 Å². The number of hydrogen-bond donors (Lipinski definition) is 0. The van der Waals surface area contributed by atoms with Gasteiger partial charge in [-0.05, 0) is 18.8 Å². The zero-order valence-corrected chi connectivity index (χ0v) is 8.10. The molecule has 0 aliphatic carbocycles. The predicted molar refractivity (Wildman–Crippen MR) is 49.9 cm³/mol. The summed E-state index contributed by atoms with van der Waals surface area (Å²) in [5.74, 6) is 0.786. The van der Waals surface area contributed by atoms with Gasteiger partial charge in [0, 0.05) is 0 Å². The summed E-state index contributed by atoms with van der Waals surface area (Å²) in [6.45, 7) is 5.09. The lowest BCUT2D eigenvalue weighted by Crippen LogP contribution is -1.87. The van der Waals surface area contributed by atoms with Crippen molar-refractivity contribution >= 4 is 11.6 Å². The fourth-order valence-corrected chi connectivity index (χ4v) is 0.817. The van der Waals surface area contributed by atoms with Crippen LogP contribution >= 0.6 is 11.6 Å². The van der Waals surface area contributed by atoms with Crippen molar-refractivity contribution in [2.45, 2.75) is 26.7 Å². The number of allylic oxidation sites excluding steroid dienone is 1. The molecule has 66 valence electrons. The number of alkyl halides is 1. The van der Waals surface area contributed by atoms with E-state index >= 15 is 0 Å². The van der Waals surface area contributed by atoms with Gasteiger partial charge in [0.2, 0.25) is 0 Å². The van der Waals surface area contributed by atoms with Crippen LogP contribution in [0.3, 0.4) is 0 Å². The van der Waals surface area contributed by atoms with E-state index in [0.717, 1.165) is 12.3 Å². The second-order valence-corrected chi connectivity index (χ2v) is 3.14. The molecular weight excluding hydrogens is 160 g/mol. The van der Waals surface area contributed by atoms with Crippen LogP contribution in [0.5, 0.6) is 0 Å². The molecule has 0 aliphatic heterocycles. The SMILES string of the molecule is CC(C)CCC=CCOCCl. The van der Waals surface area contributed by atoms with Crippen LogP contribution in [0.1, 0.15) is 26.7 Å². The van der Waals surface area contributed by atoms with Crippen LogP contribution in [0.25, 0.3) is 0 Å². The molecule has 0 aromatic rings. The minimum atomic E-state index is 0.286. The summed E-state index contributed by atoms with van der Waals surface area (Å²) in [6.07, 6.45) is 6.55. The first-order chi connectivity index (χ1) is 5.27. The molecule has 0 aromatic heterocycles. The van der Waals surface area contributed by atoms with Gasteiger partial charge in [-0.15, -0.1) is 0 Å². The molecule has 0 atom stereocenters. The van der Waals surface area contributed by atoms with Crippen LogP contribution in [0.4, 0.5) is 0 Å². The number of hydrogen-bond acceptors (Lipinski definition) is 1. The molecule has 0 N–H and O–H groups in total. The Morgan fingerprint density at radius 2 is 2.09 bits per heavy atom. The van der Waals surface area contributed by atoms with Gasteiger partial charge in [-0.2, -0.15) is 0 Å². The molecule has 0 heterocycles. The molecule has 2 heteroatoms. The van der Waals surface area contributed by atoms with Crippen molar-refractivity contribution in [3.8, 4) is 0 Å². The maximum atomic E-state index is 5.31.